The fourth-order valence-corrected chi connectivity index (χ4v) is 4.27. The third-order valence-corrected chi connectivity index (χ3v) is 5.02. The Bertz CT molecular complexity index is 437. The van der Waals surface area contributed by atoms with Crippen LogP contribution >= 0.6 is 22.2 Å². The molecule has 0 heterocycles. The molecule has 0 saturated carbocycles. The predicted octanol–water partition coefficient (Wildman–Crippen LogP) is 5.37. The van der Waals surface area contributed by atoms with Crippen LogP contribution in [0.4, 0.5) is 0 Å². The Balaban J connectivity index is 2.36. The van der Waals surface area contributed by atoms with Crippen molar-refractivity contribution in [2.45, 2.75) is 18.5 Å². The van der Waals surface area contributed by atoms with Crippen LogP contribution in [0.2, 0.25) is 12.6 Å². The summed E-state index contributed by atoms with van der Waals surface area (Å²) in [7, 11) is 0. The Morgan fingerprint density at radius 1 is 0.833 bits per heavy atom. The Kier molecular flexibility index (Phi) is 4.49. The van der Waals surface area contributed by atoms with Crippen LogP contribution in [0.15, 0.2) is 60.7 Å². The van der Waals surface area contributed by atoms with E-state index in [4.69, 9.17) is 22.2 Å². The molecule has 0 N–H and O–H groups in total. The molecule has 2 rings (SSSR count). The maximum atomic E-state index is 6.33. The minimum absolute atomic E-state index is 0.291. The smallest absolute Gasteiger partial charge is 0.146 e. The second-order valence-corrected chi connectivity index (χ2v) is 12.8. The number of hydrogen-bond acceptors (Lipinski definition) is 0. The molecule has 0 aliphatic heterocycles. The first-order chi connectivity index (χ1) is 8.56. The topological polar surface area (TPSA) is 0 Å². The van der Waals surface area contributed by atoms with E-state index in [-0.39, 0.29) is 0 Å². The average molecular weight is 295 g/mol. The van der Waals surface area contributed by atoms with Gasteiger partial charge in [0.05, 0.1) is 0 Å². The zero-order valence-electron chi connectivity index (χ0n) is 10.3. The summed E-state index contributed by atoms with van der Waals surface area (Å²) in [6.45, 7) is -0.160. The van der Waals surface area contributed by atoms with Gasteiger partial charge in [-0.05, 0) is 23.7 Å². The molecule has 0 bridgehead atoms. The lowest BCUT2D eigenvalue weighted by Crippen LogP contribution is -2.18. The quantitative estimate of drug-likeness (QED) is 0.525. The van der Waals surface area contributed by atoms with E-state index in [1.54, 1.807) is 0 Å². The molecule has 0 spiro atoms. The minimum atomic E-state index is -2.14. The van der Waals surface area contributed by atoms with Crippen molar-refractivity contribution in [3.05, 3.63) is 71.8 Å². The van der Waals surface area contributed by atoms with Crippen molar-refractivity contribution in [1.82, 2.24) is 0 Å². The van der Waals surface area contributed by atoms with Gasteiger partial charge in [-0.25, -0.2) is 0 Å². The molecule has 0 aliphatic rings. The van der Waals surface area contributed by atoms with Gasteiger partial charge in [0.15, 0.2) is 0 Å². The lowest BCUT2D eigenvalue weighted by Gasteiger charge is -2.22. The van der Waals surface area contributed by atoms with E-state index in [0.717, 1.165) is 6.04 Å². The molecular formula is C15H16Cl2Si. The maximum Gasteiger partial charge on any atom is 0.249 e. The number of benzene rings is 2. The van der Waals surface area contributed by atoms with E-state index in [1.807, 2.05) is 18.7 Å². The van der Waals surface area contributed by atoms with E-state index in [9.17, 15) is 0 Å². The molecule has 2 aromatic carbocycles. The van der Waals surface area contributed by atoms with E-state index in [0.29, 0.717) is 5.92 Å². The molecule has 0 nitrogen and oxygen atoms in total. The largest absolute Gasteiger partial charge is 0.249 e. The monoisotopic (exact) mass is 294 g/mol. The van der Waals surface area contributed by atoms with Crippen LogP contribution in [0.25, 0.3) is 0 Å². The van der Waals surface area contributed by atoms with Crippen LogP contribution in [0.1, 0.15) is 17.0 Å². The zero-order chi connectivity index (χ0) is 13.0. The summed E-state index contributed by atoms with van der Waals surface area (Å²) in [6, 6.07) is 21.7. The van der Waals surface area contributed by atoms with Crippen LogP contribution in [0.5, 0.6) is 0 Å². The molecule has 0 aliphatic carbocycles. The van der Waals surface area contributed by atoms with Gasteiger partial charge >= 0.3 is 0 Å². The maximum absolute atomic E-state index is 6.33. The van der Waals surface area contributed by atoms with Crippen LogP contribution in [0.3, 0.4) is 0 Å². The van der Waals surface area contributed by atoms with Crippen molar-refractivity contribution in [2.75, 3.05) is 0 Å². The predicted molar refractivity (Wildman–Crippen MR) is 82.9 cm³/mol. The molecule has 0 fully saturated rings. The average Bonchev–Trinajstić information content (AvgIpc) is 2.37. The molecule has 0 atom stereocenters. The SMILES string of the molecule is C[Si](Cl)(Cl)CC(c1ccccc1)c1ccccc1. The Labute approximate surface area is 119 Å². The van der Waals surface area contributed by atoms with E-state index in [2.05, 4.69) is 48.5 Å². The van der Waals surface area contributed by atoms with Crippen molar-refractivity contribution in [3.8, 4) is 0 Å². The molecular weight excluding hydrogens is 279 g/mol. The van der Waals surface area contributed by atoms with Crippen molar-refractivity contribution in [3.63, 3.8) is 0 Å². The summed E-state index contributed by atoms with van der Waals surface area (Å²) in [5.41, 5.74) is 2.56. The fourth-order valence-electron chi connectivity index (χ4n) is 2.16. The highest BCUT2D eigenvalue weighted by Gasteiger charge is 2.28. The third-order valence-electron chi connectivity index (χ3n) is 2.97. The highest BCUT2D eigenvalue weighted by molar-refractivity contribution is 7.44. The Hall–Kier alpha value is -0.763. The first-order valence-electron chi connectivity index (χ1n) is 6.04. The van der Waals surface area contributed by atoms with Gasteiger partial charge < -0.3 is 0 Å². The van der Waals surface area contributed by atoms with Crippen molar-refractivity contribution in [1.29, 1.82) is 0 Å². The fraction of sp³-hybridized carbons (Fsp3) is 0.200. The number of halogens is 2. The van der Waals surface area contributed by atoms with Crippen LogP contribution in [0, 0.1) is 0 Å². The minimum Gasteiger partial charge on any atom is -0.146 e. The van der Waals surface area contributed by atoms with Gasteiger partial charge in [0.25, 0.3) is 0 Å². The summed E-state index contributed by atoms with van der Waals surface area (Å²) in [5, 5.41) is 0. The molecule has 2 aromatic rings. The highest BCUT2D eigenvalue weighted by Crippen LogP contribution is 2.35. The Morgan fingerprint density at radius 3 is 1.56 bits per heavy atom. The standard InChI is InChI=1S/C15H16Cl2Si/c1-18(16,17)12-15(13-8-4-2-5-9-13)14-10-6-3-7-11-14/h2-11,15H,12H2,1H3. The zero-order valence-corrected chi connectivity index (χ0v) is 12.8. The van der Waals surface area contributed by atoms with Gasteiger partial charge in [0.1, 0.15) is 0 Å². The molecule has 0 unspecified atom stereocenters. The van der Waals surface area contributed by atoms with Gasteiger partial charge in [-0.15, -0.1) is 22.2 Å². The summed E-state index contributed by atoms with van der Waals surface area (Å²) < 4.78 is 0. The summed E-state index contributed by atoms with van der Waals surface area (Å²) in [5.74, 6) is 0.291. The van der Waals surface area contributed by atoms with Crippen molar-refractivity contribution in [2.24, 2.45) is 0 Å². The van der Waals surface area contributed by atoms with Crippen LogP contribution in [-0.4, -0.2) is 6.69 Å². The van der Waals surface area contributed by atoms with Gasteiger partial charge in [-0.3, -0.25) is 0 Å². The van der Waals surface area contributed by atoms with Gasteiger partial charge in [-0.2, -0.15) is 0 Å². The Morgan fingerprint density at radius 2 is 1.22 bits per heavy atom. The second kappa shape index (κ2) is 5.92. The van der Waals surface area contributed by atoms with Gasteiger partial charge in [-0.1, -0.05) is 60.7 Å². The lowest BCUT2D eigenvalue weighted by molar-refractivity contribution is 0.909. The van der Waals surface area contributed by atoms with E-state index >= 15 is 0 Å². The van der Waals surface area contributed by atoms with Crippen molar-refractivity contribution < 1.29 is 0 Å². The molecule has 0 radical (unpaired) electrons. The molecule has 0 aromatic heterocycles. The van der Waals surface area contributed by atoms with E-state index < -0.39 is 6.69 Å². The molecule has 18 heavy (non-hydrogen) atoms. The van der Waals surface area contributed by atoms with Crippen LogP contribution < -0.4 is 0 Å². The number of hydrogen-bond donors (Lipinski definition) is 0. The normalized spacial score (nSPS) is 11.8. The molecule has 94 valence electrons. The summed E-state index contributed by atoms with van der Waals surface area (Å²) in [4.78, 5) is 0. The van der Waals surface area contributed by atoms with E-state index in [1.165, 1.54) is 11.1 Å². The van der Waals surface area contributed by atoms with Gasteiger partial charge in [0.2, 0.25) is 6.69 Å². The third kappa shape index (κ3) is 3.87. The van der Waals surface area contributed by atoms with Crippen molar-refractivity contribution >= 4 is 28.9 Å². The highest BCUT2D eigenvalue weighted by atomic mass is 35.7. The number of rotatable bonds is 4. The van der Waals surface area contributed by atoms with Gasteiger partial charge in [0, 0.05) is 5.92 Å². The summed E-state index contributed by atoms with van der Waals surface area (Å²) in [6.07, 6.45) is 0. The first-order valence-corrected chi connectivity index (χ1v) is 10.8. The summed E-state index contributed by atoms with van der Waals surface area (Å²) >= 11 is 12.7. The second-order valence-electron chi connectivity index (χ2n) is 4.65. The van der Waals surface area contributed by atoms with Crippen LogP contribution in [-0.2, 0) is 0 Å². The molecule has 3 heteroatoms. The lowest BCUT2D eigenvalue weighted by atomic mass is 9.93. The molecule has 0 saturated heterocycles. The first kappa shape index (κ1) is 13.7. The molecule has 0 amide bonds.